The standard InChI is InChI=1S/C13H24N2O2S.ClH/c14-12(10-4-5-10)7-15-13(16)9-18-8-11-3-1-2-6-17-11;/h10-12H,1-9,14H2,(H,15,16);1H. The Morgan fingerprint density at radius 1 is 1.37 bits per heavy atom. The summed E-state index contributed by atoms with van der Waals surface area (Å²) in [5.74, 6) is 2.21. The minimum absolute atomic E-state index is 0. The summed E-state index contributed by atoms with van der Waals surface area (Å²) in [6.45, 7) is 1.51. The Bertz CT molecular complexity index is 271. The zero-order valence-electron chi connectivity index (χ0n) is 11.3. The zero-order valence-corrected chi connectivity index (χ0v) is 12.9. The van der Waals surface area contributed by atoms with Crippen molar-refractivity contribution in [3.05, 3.63) is 0 Å². The molecule has 0 radical (unpaired) electrons. The van der Waals surface area contributed by atoms with Crippen molar-refractivity contribution in [2.45, 2.75) is 44.2 Å². The van der Waals surface area contributed by atoms with E-state index >= 15 is 0 Å². The lowest BCUT2D eigenvalue weighted by molar-refractivity contribution is -0.118. The fraction of sp³-hybridized carbons (Fsp3) is 0.923. The number of hydrogen-bond acceptors (Lipinski definition) is 4. The second-order valence-corrected chi connectivity index (χ2v) is 6.34. The fourth-order valence-electron chi connectivity index (χ4n) is 2.20. The molecule has 2 fully saturated rings. The molecule has 1 aliphatic carbocycles. The van der Waals surface area contributed by atoms with E-state index in [9.17, 15) is 4.79 Å². The van der Waals surface area contributed by atoms with Crippen molar-refractivity contribution >= 4 is 30.1 Å². The van der Waals surface area contributed by atoms with Crippen LogP contribution in [0, 0.1) is 5.92 Å². The third-order valence-electron chi connectivity index (χ3n) is 3.57. The molecule has 0 spiro atoms. The highest BCUT2D eigenvalue weighted by atomic mass is 35.5. The second-order valence-electron chi connectivity index (χ2n) is 5.31. The molecule has 2 unspecified atom stereocenters. The Labute approximate surface area is 126 Å². The third kappa shape index (κ3) is 6.84. The third-order valence-corrected chi connectivity index (χ3v) is 4.65. The molecule has 1 saturated heterocycles. The van der Waals surface area contributed by atoms with Gasteiger partial charge in [-0.2, -0.15) is 0 Å². The van der Waals surface area contributed by atoms with Crippen molar-refractivity contribution in [2.24, 2.45) is 11.7 Å². The molecule has 2 atom stereocenters. The van der Waals surface area contributed by atoms with Crippen LogP contribution in [0.5, 0.6) is 0 Å². The number of halogens is 1. The average Bonchev–Trinajstić information content (AvgIpc) is 3.21. The van der Waals surface area contributed by atoms with Crippen LogP contribution in [-0.2, 0) is 9.53 Å². The van der Waals surface area contributed by atoms with E-state index in [2.05, 4.69) is 5.32 Å². The molecule has 0 aromatic rings. The predicted octanol–water partition coefficient (Wildman–Crippen LogP) is 1.56. The van der Waals surface area contributed by atoms with Crippen molar-refractivity contribution in [3.63, 3.8) is 0 Å². The highest BCUT2D eigenvalue weighted by molar-refractivity contribution is 7.99. The van der Waals surface area contributed by atoms with Crippen molar-refractivity contribution in [2.75, 3.05) is 24.7 Å². The van der Waals surface area contributed by atoms with Gasteiger partial charge in [0.05, 0.1) is 11.9 Å². The van der Waals surface area contributed by atoms with Crippen molar-refractivity contribution < 1.29 is 9.53 Å². The van der Waals surface area contributed by atoms with E-state index in [4.69, 9.17) is 10.5 Å². The molecule has 19 heavy (non-hydrogen) atoms. The monoisotopic (exact) mass is 308 g/mol. The number of carbonyl (C=O) groups is 1. The molecule has 1 heterocycles. The van der Waals surface area contributed by atoms with E-state index in [0.717, 1.165) is 18.8 Å². The summed E-state index contributed by atoms with van der Waals surface area (Å²) in [5, 5.41) is 2.92. The second kappa shape index (κ2) is 9.06. The van der Waals surface area contributed by atoms with Crippen molar-refractivity contribution in [3.8, 4) is 0 Å². The van der Waals surface area contributed by atoms with Gasteiger partial charge in [-0.3, -0.25) is 4.79 Å². The number of nitrogens with two attached hydrogens (primary N) is 1. The first-order valence-electron chi connectivity index (χ1n) is 6.97. The average molecular weight is 309 g/mol. The summed E-state index contributed by atoms with van der Waals surface area (Å²) >= 11 is 1.67. The molecule has 2 aliphatic rings. The molecule has 1 amide bonds. The van der Waals surface area contributed by atoms with Gasteiger partial charge in [-0.1, -0.05) is 0 Å². The maximum Gasteiger partial charge on any atom is 0.230 e. The van der Waals surface area contributed by atoms with E-state index in [-0.39, 0.29) is 24.4 Å². The van der Waals surface area contributed by atoms with Crippen molar-refractivity contribution in [1.82, 2.24) is 5.32 Å². The lowest BCUT2D eigenvalue weighted by Crippen LogP contribution is -2.39. The minimum atomic E-state index is 0. The van der Waals surface area contributed by atoms with E-state index in [1.807, 2.05) is 0 Å². The van der Waals surface area contributed by atoms with Gasteiger partial charge in [-0.25, -0.2) is 0 Å². The van der Waals surface area contributed by atoms with Crippen LogP contribution in [0.3, 0.4) is 0 Å². The molecule has 4 nitrogen and oxygen atoms in total. The van der Waals surface area contributed by atoms with Gasteiger partial charge in [-0.15, -0.1) is 24.2 Å². The summed E-state index contributed by atoms with van der Waals surface area (Å²) < 4.78 is 5.63. The van der Waals surface area contributed by atoms with E-state index in [1.54, 1.807) is 11.8 Å². The van der Waals surface area contributed by atoms with Crippen LogP contribution in [-0.4, -0.2) is 42.7 Å². The molecular weight excluding hydrogens is 284 g/mol. The zero-order chi connectivity index (χ0) is 12.8. The fourth-order valence-corrected chi connectivity index (χ4v) is 3.13. The van der Waals surface area contributed by atoms with Crippen LogP contribution in [0.2, 0.25) is 0 Å². The van der Waals surface area contributed by atoms with Gasteiger partial charge in [-0.05, 0) is 38.0 Å². The first-order chi connectivity index (χ1) is 8.75. The SMILES string of the molecule is Cl.NC(CNC(=O)CSCC1CCCCO1)C1CC1. The maximum atomic E-state index is 11.6. The van der Waals surface area contributed by atoms with E-state index in [1.165, 1.54) is 25.7 Å². The number of nitrogens with one attached hydrogen (secondary N) is 1. The van der Waals surface area contributed by atoms with Gasteiger partial charge < -0.3 is 15.8 Å². The molecule has 0 aromatic heterocycles. The van der Waals surface area contributed by atoms with E-state index < -0.39 is 0 Å². The molecule has 112 valence electrons. The maximum absolute atomic E-state index is 11.6. The topological polar surface area (TPSA) is 64.3 Å². The largest absolute Gasteiger partial charge is 0.377 e. The Hall–Kier alpha value is 0.0300. The molecule has 2 rings (SSSR count). The highest BCUT2D eigenvalue weighted by Gasteiger charge is 2.28. The summed E-state index contributed by atoms with van der Waals surface area (Å²) in [4.78, 5) is 11.6. The molecule has 0 aromatic carbocycles. The van der Waals surface area contributed by atoms with Crippen LogP contribution in [0.15, 0.2) is 0 Å². The number of rotatable bonds is 7. The number of hydrogen-bond donors (Lipinski definition) is 2. The van der Waals surface area contributed by atoms with Crippen LogP contribution >= 0.6 is 24.2 Å². The van der Waals surface area contributed by atoms with Gasteiger partial charge in [0, 0.05) is 24.9 Å². The summed E-state index contributed by atoms with van der Waals surface area (Å²) in [6, 6.07) is 0.153. The van der Waals surface area contributed by atoms with Gasteiger partial charge in [0.15, 0.2) is 0 Å². The number of ether oxygens (including phenoxy) is 1. The quantitative estimate of drug-likeness (QED) is 0.749. The predicted molar refractivity (Wildman–Crippen MR) is 81.9 cm³/mol. The van der Waals surface area contributed by atoms with Gasteiger partial charge >= 0.3 is 0 Å². The van der Waals surface area contributed by atoms with Crippen LogP contribution in [0.1, 0.15) is 32.1 Å². The van der Waals surface area contributed by atoms with Crippen LogP contribution in [0.4, 0.5) is 0 Å². The Morgan fingerprint density at radius 2 is 2.16 bits per heavy atom. The number of thioether (sulfide) groups is 1. The Balaban J connectivity index is 0.00000180. The Kier molecular flexibility index (Phi) is 8.14. The Morgan fingerprint density at radius 3 is 2.79 bits per heavy atom. The molecule has 6 heteroatoms. The first kappa shape index (κ1) is 17.1. The van der Waals surface area contributed by atoms with Gasteiger partial charge in [0.2, 0.25) is 5.91 Å². The summed E-state index contributed by atoms with van der Waals surface area (Å²) in [7, 11) is 0. The van der Waals surface area contributed by atoms with Gasteiger partial charge in [0.25, 0.3) is 0 Å². The van der Waals surface area contributed by atoms with Gasteiger partial charge in [0.1, 0.15) is 0 Å². The first-order valence-corrected chi connectivity index (χ1v) is 8.13. The van der Waals surface area contributed by atoms with E-state index in [0.29, 0.717) is 24.3 Å². The highest BCUT2D eigenvalue weighted by Crippen LogP contribution is 2.31. The van der Waals surface area contributed by atoms with Crippen molar-refractivity contribution in [1.29, 1.82) is 0 Å². The summed E-state index contributed by atoms with van der Waals surface area (Å²) in [5.41, 5.74) is 5.93. The lowest BCUT2D eigenvalue weighted by atomic mass is 10.1. The molecule has 3 N–H and O–H groups in total. The summed E-state index contributed by atoms with van der Waals surface area (Å²) in [6.07, 6.45) is 6.38. The van der Waals surface area contributed by atoms with Crippen LogP contribution < -0.4 is 11.1 Å². The lowest BCUT2D eigenvalue weighted by Gasteiger charge is -2.22. The number of carbonyl (C=O) groups excluding carboxylic acids is 1. The number of amides is 1. The molecule has 0 bridgehead atoms. The smallest absolute Gasteiger partial charge is 0.230 e. The molecular formula is C13H25ClN2O2S. The minimum Gasteiger partial charge on any atom is -0.377 e. The van der Waals surface area contributed by atoms with Crippen LogP contribution in [0.25, 0.3) is 0 Å². The molecule has 1 saturated carbocycles. The molecule has 1 aliphatic heterocycles. The normalized spacial score (nSPS) is 24.4.